The van der Waals surface area contributed by atoms with Gasteiger partial charge in [-0.3, -0.25) is 4.79 Å². The number of thiophene rings is 1. The van der Waals surface area contributed by atoms with Crippen LogP contribution < -0.4 is 10.5 Å². The van der Waals surface area contributed by atoms with Crippen molar-refractivity contribution in [1.82, 2.24) is 4.90 Å². The zero-order chi connectivity index (χ0) is 10.8. The summed E-state index contributed by atoms with van der Waals surface area (Å²) in [5, 5.41) is 1.84. The molecule has 2 heterocycles. The molecule has 0 aromatic carbocycles. The lowest BCUT2D eigenvalue weighted by Gasteiger charge is -2.13. The van der Waals surface area contributed by atoms with E-state index >= 15 is 0 Å². The molecule has 4 nitrogen and oxygen atoms in total. The zero-order valence-corrected chi connectivity index (χ0v) is 10.6. The molecule has 1 amide bonds. The van der Waals surface area contributed by atoms with Gasteiger partial charge in [0.15, 0.2) is 0 Å². The van der Waals surface area contributed by atoms with Crippen LogP contribution in [0.3, 0.4) is 0 Å². The van der Waals surface area contributed by atoms with E-state index in [4.69, 9.17) is 10.5 Å². The number of hydrogen-bond donors (Lipinski definition) is 1. The van der Waals surface area contributed by atoms with Crippen LogP contribution in [0.5, 0.6) is 5.75 Å². The molecule has 1 aromatic heterocycles. The number of carbonyl (C=O) groups is 1. The van der Waals surface area contributed by atoms with Crippen LogP contribution in [0.4, 0.5) is 0 Å². The summed E-state index contributed by atoms with van der Waals surface area (Å²) in [5.74, 6) is 0.808. The van der Waals surface area contributed by atoms with Crippen molar-refractivity contribution in [2.75, 3.05) is 20.2 Å². The molecule has 0 saturated carbocycles. The molecule has 2 N–H and O–H groups in total. The van der Waals surface area contributed by atoms with Crippen molar-refractivity contribution >= 4 is 29.7 Å². The number of methoxy groups -OCH3 is 1. The summed E-state index contributed by atoms with van der Waals surface area (Å²) in [6.45, 7) is 1.43. The molecule has 16 heavy (non-hydrogen) atoms. The minimum Gasteiger partial charge on any atom is -0.496 e. The molecule has 6 heteroatoms. The molecule has 90 valence electrons. The van der Waals surface area contributed by atoms with Crippen molar-refractivity contribution in [2.45, 2.75) is 12.5 Å². The molecule has 1 aromatic rings. The smallest absolute Gasteiger partial charge is 0.264 e. The maximum atomic E-state index is 11.9. The van der Waals surface area contributed by atoms with Gasteiger partial charge in [0.1, 0.15) is 5.75 Å². The molecule has 1 unspecified atom stereocenters. The number of hydrogen-bond acceptors (Lipinski definition) is 4. The SMILES string of the molecule is COc1csc(C(=O)N2CCC(N)C2)c1.Cl. The third-order valence-corrected chi connectivity index (χ3v) is 3.43. The van der Waals surface area contributed by atoms with Crippen molar-refractivity contribution in [1.29, 1.82) is 0 Å². The largest absolute Gasteiger partial charge is 0.496 e. The van der Waals surface area contributed by atoms with Gasteiger partial charge >= 0.3 is 0 Å². The topological polar surface area (TPSA) is 55.6 Å². The lowest BCUT2D eigenvalue weighted by molar-refractivity contribution is 0.0795. The van der Waals surface area contributed by atoms with E-state index in [0.29, 0.717) is 6.54 Å². The Morgan fingerprint density at radius 1 is 1.69 bits per heavy atom. The summed E-state index contributed by atoms with van der Waals surface area (Å²) in [4.78, 5) is 14.5. The van der Waals surface area contributed by atoms with Crippen LogP contribution >= 0.6 is 23.7 Å². The number of rotatable bonds is 2. The number of carbonyl (C=O) groups excluding carboxylic acids is 1. The number of ether oxygens (including phenoxy) is 1. The normalized spacial score (nSPS) is 19.4. The third-order valence-electron chi connectivity index (χ3n) is 2.53. The van der Waals surface area contributed by atoms with E-state index in [9.17, 15) is 4.79 Å². The molecule has 2 rings (SSSR count). The fourth-order valence-electron chi connectivity index (χ4n) is 1.67. The Morgan fingerprint density at radius 2 is 2.44 bits per heavy atom. The van der Waals surface area contributed by atoms with E-state index in [1.807, 2.05) is 5.38 Å². The lowest BCUT2D eigenvalue weighted by atomic mass is 10.3. The fraction of sp³-hybridized carbons (Fsp3) is 0.500. The third kappa shape index (κ3) is 2.66. The highest BCUT2D eigenvalue weighted by atomic mass is 35.5. The minimum absolute atomic E-state index is 0. The van der Waals surface area contributed by atoms with E-state index < -0.39 is 0 Å². The van der Waals surface area contributed by atoms with Gasteiger partial charge in [0.05, 0.1) is 12.0 Å². The van der Waals surface area contributed by atoms with E-state index in [1.54, 1.807) is 18.1 Å². The first kappa shape index (κ1) is 13.3. The highest BCUT2D eigenvalue weighted by molar-refractivity contribution is 7.12. The average Bonchev–Trinajstić information content (AvgIpc) is 2.84. The summed E-state index contributed by atoms with van der Waals surface area (Å²) in [7, 11) is 1.60. The van der Waals surface area contributed by atoms with Gasteiger partial charge < -0.3 is 15.4 Å². The van der Waals surface area contributed by atoms with Crippen molar-refractivity contribution in [3.05, 3.63) is 16.3 Å². The summed E-state index contributed by atoms with van der Waals surface area (Å²) in [5.41, 5.74) is 5.76. The molecule has 0 aliphatic carbocycles. The lowest BCUT2D eigenvalue weighted by Crippen LogP contribution is -2.31. The van der Waals surface area contributed by atoms with Crippen LogP contribution in [0.15, 0.2) is 11.4 Å². The Bertz CT molecular complexity index is 369. The molecule has 1 aliphatic rings. The molecular weight excluding hydrogens is 248 g/mol. The Labute approximate surface area is 105 Å². The molecule has 0 spiro atoms. The van der Waals surface area contributed by atoms with E-state index in [2.05, 4.69) is 0 Å². The van der Waals surface area contributed by atoms with Crippen LogP contribution in [0.25, 0.3) is 0 Å². The summed E-state index contributed by atoms with van der Waals surface area (Å²) in [6.07, 6.45) is 0.897. The maximum absolute atomic E-state index is 11.9. The second-order valence-electron chi connectivity index (χ2n) is 3.65. The first-order valence-corrected chi connectivity index (χ1v) is 5.76. The van der Waals surface area contributed by atoms with Crippen molar-refractivity contribution in [2.24, 2.45) is 5.73 Å². The Morgan fingerprint density at radius 3 is 2.94 bits per heavy atom. The highest BCUT2D eigenvalue weighted by Gasteiger charge is 2.25. The number of halogens is 1. The Hall–Kier alpha value is -0.780. The van der Waals surface area contributed by atoms with Crippen molar-refractivity contribution in [3.8, 4) is 5.75 Å². The minimum atomic E-state index is 0. The number of nitrogens with two attached hydrogens (primary N) is 1. The summed E-state index contributed by atoms with van der Waals surface area (Å²) >= 11 is 1.41. The predicted octanol–water partition coefficient (Wildman–Crippen LogP) is 1.35. The molecule has 1 fully saturated rings. The van der Waals surface area contributed by atoms with Gasteiger partial charge in [-0.2, -0.15) is 0 Å². The zero-order valence-electron chi connectivity index (χ0n) is 9.01. The highest BCUT2D eigenvalue weighted by Crippen LogP contribution is 2.23. The maximum Gasteiger partial charge on any atom is 0.264 e. The summed E-state index contributed by atoms with van der Waals surface area (Å²) < 4.78 is 5.04. The van der Waals surface area contributed by atoms with Gasteiger partial charge in [0.2, 0.25) is 0 Å². The molecule has 0 bridgehead atoms. The van der Waals surface area contributed by atoms with E-state index in [0.717, 1.165) is 23.6 Å². The molecule has 0 radical (unpaired) electrons. The van der Waals surface area contributed by atoms with Crippen molar-refractivity contribution < 1.29 is 9.53 Å². The quantitative estimate of drug-likeness (QED) is 0.875. The predicted molar refractivity (Wildman–Crippen MR) is 66.6 cm³/mol. The second-order valence-corrected chi connectivity index (χ2v) is 4.56. The first-order chi connectivity index (χ1) is 7.20. The van der Waals surface area contributed by atoms with E-state index in [1.165, 1.54) is 11.3 Å². The number of nitrogens with zero attached hydrogens (tertiary/aromatic N) is 1. The fourth-order valence-corrected chi connectivity index (χ4v) is 2.49. The number of likely N-dealkylation sites (tertiary alicyclic amines) is 1. The van der Waals surface area contributed by atoms with Gasteiger partial charge in [-0.1, -0.05) is 0 Å². The Balaban J connectivity index is 0.00000128. The Kier molecular flexibility index (Phi) is 4.58. The van der Waals surface area contributed by atoms with Crippen LogP contribution in [0.1, 0.15) is 16.1 Å². The molecule has 1 saturated heterocycles. The number of amides is 1. The van der Waals surface area contributed by atoms with Crippen LogP contribution in [0, 0.1) is 0 Å². The van der Waals surface area contributed by atoms with Crippen LogP contribution in [-0.2, 0) is 0 Å². The second kappa shape index (κ2) is 5.52. The standard InChI is InChI=1S/C10H14N2O2S.ClH/c1-14-8-4-9(15-6-8)10(13)12-3-2-7(11)5-12;/h4,6-7H,2-3,5,11H2,1H3;1H. The van der Waals surface area contributed by atoms with Gasteiger partial charge in [0.25, 0.3) is 5.91 Å². The average molecular weight is 263 g/mol. The molecular formula is C10H15ClN2O2S. The van der Waals surface area contributed by atoms with Crippen LogP contribution in [-0.4, -0.2) is 37.0 Å². The van der Waals surface area contributed by atoms with Crippen LogP contribution in [0.2, 0.25) is 0 Å². The van der Waals surface area contributed by atoms with Gasteiger partial charge in [-0.05, 0) is 6.42 Å². The molecule has 1 atom stereocenters. The molecule has 1 aliphatic heterocycles. The van der Waals surface area contributed by atoms with Crippen molar-refractivity contribution in [3.63, 3.8) is 0 Å². The van der Waals surface area contributed by atoms with Gasteiger partial charge in [0, 0.05) is 30.6 Å². The van der Waals surface area contributed by atoms with E-state index in [-0.39, 0.29) is 24.4 Å². The monoisotopic (exact) mass is 262 g/mol. The summed E-state index contributed by atoms with van der Waals surface area (Å²) in [6, 6.07) is 1.91. The van der Waals surface area contributed by atoms with Gasteiger partial charge in [-0.15, -0.1) is 23.7 Å². The first-order valence-electron chi connectivity index (χ1n) is 4.88. The van der Waals surface area contributed by atoms with Gasteiger partial charge in [-0.25, -0.2) is 0 Å².